The summed E-state index contributed by atoms with van der Waals surface area (Å²) in [5.74, 6) is 0. The summed E-state index contributed by atoms with van der Waals surface area (Å²) in [5.41, 5.74) is 0. The number of hydrogen-bond acceptors (Lipinski definition) is 4. The van der Waals surface area contributed by atoms with E-state index in [1.807, 2.05) is 0 Å². The van der Waals surface area contributed by atoms with E-state index >= 15 is 0 Å². The van der Waals surface area contributed by atoms with Crippen LogP contribution < -0.4 is 0 Å². The predicted octanol–water partition coefficient (Wildman–Crippen LogP) is 0.376. The molecule has 0 aromatic carbocycles. The van der Waals surface area contributed by atoms with Crippen molar-refractivity contribution in [2.45, 2.75) is 26.2 Å². The number of hydrogen-bond donors (Lipinski definition) is 0. The van der Waals surface area contributed by atoms with Crippen molar-refractivity contribution in [2.24, 2.45) is 0 Å². The van der Waals surface area contributed by atoms with Gasteiger partial charge in [0.05, 0.1) is 0 Å². The lowest BCUT2D eigenvalue weighted by molar-refractivity contribution is 0.513. The summed E-state index contributed by atoms with van der Waals surface area (Å²) < 4.78 is 10.3. The first kappa shape index (κ1) is 17.5. The maximum Gasteiger partial charge on any atom is 0.188 e. The van der Waals surface area contributed by atoms with Crippen LogP contribution in [0.25, 0.3) is 0 Å². The second kappa shape index (κ2) is 6.09. The van der Waals surface area contributed by atoms with Crippen LogP contribution in [0.15, 0.2) is 0 Å². The van der Waals surface area contributed by atoms with Crippen molar-refractivity contribution in [3.63, 3.8) is 0 Å². The van der Waals surface area contributed by atoms with Crippen molar-refractivity contribution in [3.05, 3.63) is 0 Å². The molecule has 0 aromatic rings. The Balaban J connectivity index is 5.28. The van der Waals surface area contributed by atoms with Gasteiger partial charge in [0.25, 0.3) is 0 Å². The predicted molar refractivity (Wildman–Crippen MR) is 86.4 cm³/mol. The Labute approximate surface area is 113 Å². The van der Waals surface area contributed by atoms with Crippen LogP contribution in [0.4, 0.5) is 0 Å². The molecule has 0 aliphatic carbocycles. The first-order valence-electron chi connectivity index (χ1n) is 6.21. The monoisotopic (exact) mass is 292 g/mol. The van der Waals surface area contributed by atoms with Gasteiger partial charge in [-0.2, -0.15) is 0 Å². The molecule has 0 aliphatic heterocycles. The Morgan fingerprint density at radius 3 is 1.12 bits per heavy atom. The van der Waals surface area contributed by atoms with Crippen molar-refractivity contribution >= 4 is 26.6 Å². The van der Waals surface area contributed by atoms with Crippen molar-refractivity contribution in [1.29, 1.82) is 0 Å². The zero-order valence-corrected chi connectivity index (χ0v) is 16.9. The van der Waals surface area contributed by atoms with Gasteiger partial charge in [-0.05, 0) is 68.5 Å². The van der Waals surface area contributed by atoms with E-state index in [9.17, 15) is 0 Å². The molecule has 0 spiro atoms. The third kappa shape index (κ3) is 4.27. The lowest BCUT2D eigenvalue weighted by Gasteiger charge is -2.52. The van der Waals surface area contributed by atoms with Crippen molar-refractivity contribution in [1.82, 2.24) is 17.6 Å². The molecule has 0 heterocycles. The molecule has 0 rings (SSSR count). The molecule has 0 unspecified atom stereocenters. The zero-order chi connectivity index (χ0) is 14.0. The van der Waals surface area contributed by atoms with E-state index in [1.165, 1.54) is 0 Å². The summed E-state index contributed by atoms with van der Waals surface area (Å²) in [7, 11) is 10.1. The second-order valence-electron chi connectivity index (χ2n) is 6.43. The average molecular weight is 293 g/mol. The van der Waals surface area contributed by atoms with Crippen LogP contribution >= 0.6 is 0 Å². The molecular weight excluding hydrogens is 260 g/mol. The molecule has 0 aromatic heterocycles. The normalized spacial score (nSPS) is 15.2. The van der Waals surface area contributed by atoms with Gasteiger partial charge < -0.3 is 17.6 Å². The van der Waals surface area contributed by atoms with Crippen LogP contribution in [-0.2, 0) is 0 Å². The second-order valence-corrected chi connectivity index (χ2v) is 19.2. The third-order valence-corrected chi connectivity index (χ3v) is 20.6. The third-order valence-electron chi connectivity index (χ3n) is 3.93. The standard InChI is InChI=1S/C10H32N4Si3/c1-11(2)15-14(16(7,8)12(3)4)17(9,10)13(5)6/h15H2,1-10H3. The fourth-order valence-corrected chi connectivity index (χ4v) is 16.0. The molecule has 0 N–H and O–H groups in total. The molecule has 0 saturated carbocycles. The molecule has 4 nitrogen and oxygen atoms in total. The van der Waals surface area contributed by atoms with Crippen LogP contribution in [0, 0.1) is 0 Å². The highest BCUT2D eigenvalue weighted by atomic mass is 28.5. The molecule has 104 valence electrons. The Bertz CT molecular complexity index is 222. The van der Waals surface area contributed by atoms with Crippen LogP contribution in [0.1, 0.15) is 0 Å². The largest absolute Gasteiger partial charge is 0.337 e. The summed E-state index contributed by atoms with van der Waals surface area (Å²) >= 11 is 0. The van der Waals surface area contributed by atoms with E-state index in [0.29, 0.717) is 0 Å². The fraction of sp³-hybridized carbons (Fsp3) is 1.00. The molecule has 0 bridgehead atoms. The van der Waals surface area contributed by atoms with E-state index in [-0.39, 0.29) is 9.84 Å². The minimum absolute atomic E-state index is 0.327. The Hall–Kier alpha value is 0.491. The van der Waals surface area contributed by atoms with Gasteiger partial charge in [0.1, 0.15) is 0 Å². The average Bonchev–Trinajstić information content (AvgIpc) is 2.12. The molecule has 7 heteroatoms. The van der Waals surface area contributed by atoms with E-state index in [0.717, 1.165) is 0 Å². The van der Waals surface area contributed by atoms with Gasteiger partial charge in [-0.25, -0.2) is 0 Å². The molecule has 0 saturated heterocycles. The fourth-order valence-electron chi connectivity index (χ4n) is 1.78. The van der Waals surface area contributed by atoms with Crippen LogP contribution in [0.3, 0.4) is 0 Å². The van der Waals surface area contributed by atoms with E-state index < -0.39 is 16.8 Å². The van der Waals surface area contributed by atoms with Crippen LogP contribution in [-0.4, -0.2) is 86.5 Å². The maximum atomic E-state index is 2.92. The first-order valence-corrected chi connectivity index (χ1v) is 13.3. The van der Waals surface area contributed by atoms with Crippen molar-refractivity contribution < 1.29 is 0 Å². The minimum Gasteiger partial charge on any atom is -0.337 e. The first-order chi connectivity index (χ1) is 7.44. The smallest absolute Gasteiger partial charge is 0.188 e. The lowest BCUT2D eigenvalue weighted by atomic mass is 11.3. The number of rotatable bonds is 6. The van der Waals surface area contributed by atoms with Gasteiger partial charge in [0.15, 0.2) is 26.6 Å². The summed E-state index contributed by atoms with van der Waals surface area (Å²) in [6.45, 7) is 9.90. The molecule has 0 radical (unpaired) electrons. The van der Waals surface area contributed by atoms with E-state index in [1.54, 1.807) is 0 Å². The summed E-state index contributed by atoms with van der Waals surface area (Å²) in [6, 6.07) is 0. The Morgan fingerprint density at radius 1 is 0.647 bits per heavy atom. The van der Waals surface area contributed by atoms with Crippen LogP contribution in [0.5, 0.6) is 0 Å². The maximum absolute atomic E-state index is 2.92. The Kier molecular flexibility index (Phi) is 6.27. The van der Waals surface area contributed by atoms with Crippen LogP contribution in [0.2, 0.25) is 26.2 Å². The zero-order valence-electron chi connectivity index (χ0n) is 13.5. The SMILES string of the molecule is CN(C)[SiH2]N([Si](C)(C)N(C)C)[Si](C)(C)N(C)C. The highest BCUT2D eigenvalue weighted by Crippen LogP contribution is 2.21. The van der Waals surface area contributed by atoms with E-state index in [2.05, 4.69) is 86.1 Å². The Morgan fingerprint density at radius 2 is 0.941 bits per heavy atom. The topological polar surface area (TPSA) is 13.0 Å². The van der Waals surface area contributed by atoms with Gasteiger partial charge in [-0.15, -0.1) is 0 Å². The minimum atomic E-state index is -1.46. The molecule has 0 fully saturated rings. The summed E-state index contributed by atoms with van der Waals surface area (Å²) in [4.78, 5) is 0. The molecule has 0 atom stereocenters. The number of nitrogens with zero attached hydrogens (tertiary/aromatic N) is 4. The summed E-state index contributed by atoms with van der Waals surface area (Å²) in [5, 5.41) is 0. The molecule has 17 heavy (non-hydrogen) atoms. The quantitative estimate of drug-likeness (QED) is 0.656. The lowest BCUT2D eigenvalue weighted by Crippen LogP contribution is -2.74. The van der Waals surface area contributed by atoms with Gasteiger partial charge in [0.2, 0.25) is 0 Å². The highest BCUT2D eigenvalue weighted by molar-refractivity contribution is 6.94. The van der Waals surface area contributed by atoms with Gasteiger partial charge in [0, 0.05) is 0 Å². The van der Waals surface area contributed by atoms with Crippen molar-refractivity contribution in [2.75, 3.05) is 42.3 Å². The van der Waals surface area contributed by atoms with E-state index in [4.69, 9.17) is 0 Å². The molecule has 0 amide bonds. The molecule has 0 aliphatic rings. The van der Waals surface area contributed by atoms with Crippen molar-refractivity contribution in [3.8, 4) is 0 Å². The highest BCUT2D eigenvalue weighted by Gasteiger charge is 2.44. The molecular formula is C10H32N4Si3. The van der Waals surface area contributed by atoms with Gasteiger partial charge >= 0.3 is 0 Å². The van der Waals surface area contributed by atoms with Gasteiger partial charge in [-0.3, -0.25) is 0 Å². The van der Waals surface area contributed by atoms with Gasteiger partial charge in [-0.1, -0.05) is 0 Å². The summed E-state index contributed by atoms with van der Waals surface area (Å²) in [6.07, 6.45) is 0.